The number of carbonyl (C=O) groups excluding carboxylic acids is 1. The Morgan fingerprint density at radius 1 is 1.19 bits per heavy atom. The zero-order chi connectivity index (χ0) is 20.2. The van der Waals surface area contributed by atoms with Gasteiger partial charge in [-0.1, -0.05) is 40.2 Å². The summed E-state index contributed by atoms with van der Waals surface area (Å²) in [7, 11) is -4.13. The van der Waals surface area contributed by atoms with Crippen LogP contribution in [0.25, 0.3) is 0 Å². The standard InChI is InChI=1S/C19H19BrN2O4S/c1-19(2,3)26-18(23)22(27(24,25)16-7-5-4-6-8-16)13-15-10-9-14(12-21)11-17(15)20/h4-11H,13H2,1-3H3. The third kappa shape index (κ3) is 5.31. The van der Waals surface area contributed by atoms with Crippen molar-refractivity contribution in [1.82, 2.24) is 4.31 Å². The van der Waals surface area contributed by atoms with Crippen molar-refractivity contribution in [1.29, 1.82) is 5.26 Å². The van der Waals surface area contributed by atoms with E-state index >= 15 is 0 Å². The van der Waals surface area contributed by atoms with Gasteiger partial charge in [0, 0.05) is 4.47 Å². The summed E-state index contributed by atoms with van der Waals surface area (Å²) >= 11 is 3.33. The van der Waals surface area contributed by atoms with Crippen LogP contribution in [0.5, 0.6) is 0 Å². The van der Waals surface area contributed by atoms with Crippen molar-refractivity contribution in [3.8, 4) is 6.07 Å². The summed E-state index contributed by atoms with van der Waals surface area (Å²) in [5.74, 6) is 0. The average molecular weight is 451 g/mol. The monoisotopic (exact) mass is 450 g/mol. The van der Waals surface area contributed by atoms with Crippen LogP contribution in [0.15, 0.2) is 57.9 Å². The molecule has 2 rings (SSSR count). The van der Waals surface area contributed by atoms with Gasteiger partial charge in [-0.25, -0.2) is 13.2 Å². The lowest BCUT2D eigenvalue weighted by Gasteiger charge is -2.27. The van der Waals surface area contributed by atoms with Gasteiger partial charge in [0.05, 0.1) is 23.1 Å². The van der Waals surface area contributed by atoms with Crippen LogP contribution < -0.4 is 0 Å². The van der Waals surface area contributed by atoms with Crippen LogP contribution in [-0.4, -0.2) is 24.4 Å². The van der Waals surface area contributed by atoms with E-state index in [0.717, 1.165) is 0 Å². The van der Waals surface area contributed by atoms with E-state index in [-0.39, 0.29) is 11.4 Å². The minimum atomic E-state index is -4.13. The fraction of sp³-hybridized carbons (Fsp3) is 0.263. The number of hydrogen-bond donors (Lipinski definition) is 0. The summed E-state index contributed by atoms with van der Waals surface area (Å²) in [6, 6.07) is 14.4. The number of nitriles is 1. The first-order valence-corrected chi connectivity index (χ1v) is 10.3. The van der Waals surface area contributed by atoms with E-state index < -0.39 is 21.7 Å². The number of hydrogen-bond acceptors (Lipinski definition) is 5. The van der Waals surface area contributed by atoms with Gasteiger partial charge in [0.2, 0.25) is 0 Å². The molecule has 2 aromatic rings. The van der Waals surface area contributed by atoms with Crippen LogP contribution in [-0.2, 0) is 21.3 Å². The fourth-order valence-corrected chi connectivity index (χ4v) is 3.98. The van der Waals surface area contributed by atoms with Crippen molar-refractivity contribution in [3.63, 3.8) is 0 Å². The van der Waals surface area contributed by atoms with Gasteiger partial charge in [-0.2, -0.15) is 9.57 Å². The quantitative estimate of drug-likeness (QED) is 0.686. The average Bonchev–Trinajstić information content (AvgIpc) is 2.59. The lowest BCUT2D eigenvalue weighted by atomic mass is 10.1. The lowest BCUT2D eigenvalue weighted by Crippen LogP contribution is -2.40. The first-order valence-electron chi connectivity index (χ1n) is 8.04. The topological polar surface area (TPSA) is 87.5 Å². The Morgan fingerprint density at radius 2 is 1.81 bits per heavy atom. The van der Waals surface area contributed by atoms with Gasteiger partial charge in [-0.3, -0.25) is 0 Å². The van der Waals surface area contributed by atoms with E-state index in [1.807, 2.05) is 6.07 Å². The SMILES string of the molecule is CC(C)(C)OC(=O)N(Cc1ccc(C#N)cc1Br)S(=O)(=O)c1ccccc1. The molecule has 0 aromatic heterocycles. The lowest BCUT2D eigenvalue weighted by molar-refractivity contribution is 0.0381. The van der Waals surface area contributed by atoms with Crippen molar-refractivity contribution >= 4 is 32.0 Å². The Kier molecular flexibility index (Phi) is 6.29. The molecule has 0 unspecified atom stereocenters. The summed E-state index contributed by atoms with van der Waals surface area (Å²) < 4.78 is 32.6. The van der Waals surface area contributed by atoms with Gasteiger partial charge in [-0.05, 0) is 50.6 Å². The van der Waals surface area contributed by atoms with Crippen molar-refractivity contribution in [2.45, 2.75) is 37.8 Å². The minimum absolute atomic E-state index is 0.0133. The Balaban J connectivity index is 2.48. The van der Waals surface area contributed by atoms with Crippen molar-refractivity contribution in [3.05, 3.63) is 64.1 Å². The predicted octanol–water partition coefficient (Wildman–Crippen LogP) is 4.45. The van der Waals surface area contributed by atoms with Crippen LogP contribution in [0, 0.1) is 11.3 Å². The first-order chi connectivity index (χ1) is 12.5. The maximum atomic E-state index is 13.1. The second-order valence-electron chi connectivity index (χ2n) is 6.72. The summed E-state index contributed by atoms with van der Waals surface area (Å²) in [5, 5.41) is 8.98. The predicted molar refractivity (Wildman–Crippen MR) is 104 cm³/mol. The number of rotatable bonds is 4. The molecular formula is C19H19BrN2O4S. The van der Waals surface area contributed by atoms with E-state index in [1.165, 1.54) is 12.1 Å². The molecule has 0 saturated carbocycles. The van der Waals surface area contributed by atoms with Crippen LogP contribution in [0.3, 0.4) is 0 Å². The van der Waals surface area contributed by atoms with Crippen LogP contribution >= 0.6 is 15.9 Å². The highest BCUT2D eigenvalue weighted by Gasteiger charge is 2.33. The first kappa shape index (κ1) is 20.9. The van der Waals surface area contributed by atoms with Crippen LogP contribution in [0.4, 0.5) is 4.79 Å². The molecule has 0 spiro atoms. The molecule has 142 valence electrons. The Hall–Kier alpha value is -2.37. The highest BCUT2D eigenvalue weighted by molar-refractivity contribution is 9.10. The van der Waals surface area contributed by atoms with Gasteiger partial charge >= 0.3 is 6.09 Å². The maximum Gasteiger partial charge on any atom is 0.424 e. The van der Waals surface area contributed by atoms with Crippen molar-refractivity contribution < 1.29 is 17.9 Å². The smallest absolute Gasteiger partial charge is 0.424 e. The van der Waals surface area contributed by atoms with Crippen molar-refractivity contribution in [2.75, 3.05) is 0 Å². The Bertz CT molecular complexity index is 977. The molecule has 0 aliphatic heterocycles. The van der Waals surface area contributed by atoms with Gasteiger partial charge in [0.15, 0.2) is 0 Å². The molecule has 0 heterocycles. The minimum Gasteiger partial charge on any atom is -0.443 e. The molecule has 1 amide bonds. The van der Waals surface area contributed by atoms with Crippen LogP contribution in [0.2, 0.25) is 0 Å². The molecular weight excluding hydrogens is 432 g/mol. The molecule has 6 nitrogen and oxygen atoms in total. The molecule has 0 aliphatic carbocycles. The molecule has 27 heavy (non-hydrogen) atoms. The van der Waals surface area contributed by atoms with E-state index in [4.69, 9.17) is 10.00 Å². The summed E-state index contributed by atoms with van der Waals surface area (Å²) in [6.45, 7) is 4.75. The molecule has 2 aromatic carbocycles. The second kappa shape index (κ2) is 8.11. The summed E-state index contributed by atoms with van der Waals surface area (Å²) in [5.41, 5.74) is 0.0865. The number of benzene rings is 2. The second-order valence-corrected chi connectivity index (χ2v) is 9.44. The molecule has 8 heteroatoms. The molecule has 0 aliphatic rings. The van der Waals surface area contributed by atoms with Gasteiger partial charge < -0.3 is 4.74 Å². The molecule has 0 fully saturated rings. The van der Waals surface area contributed by atoms with E-state index in [0.29, 0.717) is 19.9 Å². The Morgan fingerprint density at radius 3 is 2.33 bits per heavy atom. The normalized spacial score (nSPS) is 11.5. The van der Waals surface area contributed by atoms with Crippen LogP contribution in [0.1, 0.15) is 31.9 Å². The highest BCUT2D eigenvalue weighted by atomic mass is 79.9. The molecule has 0 bridgehead atoms. The molecule has 0 saturated heterocycles. The zero-order valence-corrected chi connectivity index (χ0v) is 17.5. The molecule has 0 radical (unpaired) electrons. The van der Waals surface area contributed by atoms with E-state index in [2.05, 4.69) is 15.9 Å². The largest absolute Gasteiger partial charge is 0.443 e. The fourth-order valence-electron chi connectivity index (χ4n) is 2.18. The number of nitrogens with zero attached hydrogens (tertiary/aromatic N) is 2. The number of ether oxygens (including phenoxy) is 1. The third-order valence-electron chi connectivity index (χ3n) is 3.42. The van der Waals surface area contributed by atoms with Gasteiger partial charge in [-0.15, -0.1) is 0 Å². The van der Waals surface area contributed by atoms with Crippen molar-refractivity contribution in [2.24, 2.45) is 0 Å². The van der Waals surface area contributed by atoms with Gasteiger partial charge in [0.1, 0.15) is 5.60 Å². The van der Waals surface area contributed by atoms with E-state index in [1.54, 1.807) is 57.2 Å². The molecule has 0 atom stereocenters. The zero-order valence-electron chi connectivity index (χ0n) is 15.1. The molecule has 0 N–H and O–H groups in total. The van der Waals surface area contributed by atoms with Gasteiger partial charge in [0.25, 0.3) is 10.0 Å². The van der Waals surface area contributed by atoms with E-state index in [9.17, 15) is 13.2 Å². The summed E-state index contributed by atoms with van der Waals surface area (Å²) in [6.07, 6.45) is -0.970. The third-order valence-corrected chi connectivity index (χ3v) is 5.89. The highest BCUT2D eigenvalue weighted by Crippen LogP contribution is 2.25. The number of carbonyl (C=O) groups is 1. The summed E-state index contributed by atoms with van der Waals surface area (Å²) in [4.78, 5) is 12.7. The number of sulfonamides is 1. The number of halogens is 1. The maximum absolute atomic E-state index is 13.1. The Labute approximate surface area is 167 Å². The number of amides is 1.